The van der Waals surface area contributed by atoms with E-state index in [0.717, 1.165) is 38.5 Å². The van der Waals surface area contributed by atoms with Gasteiger partial charge in [-0.2, -0.15) is 0 Å². The van der Waals surface area contributed by atoms with Gasteiger partial charge in [-0.3, -0.25) is 4.79 Å². The number of esters is 1. The van der Waals surface area contributed by atoms with Gasteiger partial charge in [0.25, 0.3) is 0 Å². The normalized spacial score (nSPS) is 59.2. The van der Waals surface area contributed by atoms with Crippen molar-refractivity contribution in [3.8, 4) is 0 Å². The lowest BCUT2D eigenvalue weighted by Gasteiger charge is -2.63. The molecule has 0 radical (unpaired) electrons. The van der Waals surface area contributed by atoms with Crippen molar-refractivity contribution >= 4 is 5.97 Å². The number of hydrogen-bond acceptors (Lipinski definition) is 6. The molecule has 204 valence electrons. The van der Waals surface area contributed by atoms with Crippen LogP contribution in [0.4, 0.5) is 0 Å². The van der Waals surface area contributed by atoms with E-state index in [0.29, 0.717) is 36.5 Å². The summed E-state index contributed by atoms with van der Waals surface area (Å²) in [5.74, 6) is 0.715. The third-order valence-corrected chi connectivity index (χ3v) is 12.8. The molecule has 1 spiro atoms. The van der Waals surface area contributed by atoms with E-state index in [9.17, 15) is 15.0 Å². The van der Waals surface area contributed by atoms with Crippen LogP contribution in [0.25, 0.3) is 0 Å². The number of ether oxygens (including phenoxy) is 3. The number of fused-ring (bicyclic) bond motifs is 7. The van der Waals surface area contributed by atoms with E-state index < -0.39 is 11.4 Å². The Morgan fingerprint density at radius 3 is 2.36 bits per heavy atom. The smallest absolute Gasteiger partial charge is 0.302 e. The highest BCUT2D eigenvalue weighted by Gasteiger charge is 2.77. The largest absolute Gasteiger partial charge is 0.463 e. The third-order valence-electron chi connectivity index (χ3n) is 12.8. The van der Waals surface area contributed by atoms with Crippen LogP contribution in [-0.4, -0.2) is 51.5 Å². The summed E-state index contributed by atoms with van der Waals surface area (Å²) >= 11 is 0. The van der Waals surface area contributed by atoms with E-state index in [-0.39, 0.29) is 52.5 Å². The Labute approximate surface area is 216 Å². The number of carbonyl (C=O) groups excluding carboxylic acids is 1. The molecular weight excluding hydrogens is 456 g/mol. The summed E-state index contributed by atoms with van der Waals surface area (Å²) in [5, 5.41) is 24.1. The Bertz CT molecular complexity index is 930. The van der Waals surface area contributed by atoms with Gasteiger partial charge in [0.05, 0.1) is 17.8 Å². The van der Waals surface area contributed by atoms with Crippen molar-refractivity contribution < 1.29 is 29.2 Å². The summed E-state index contributed by atoms with van der Waals surface area (Å²) in [4.78, 5) is 11.6. The lowest BCUT2D eigenvalue weighted by atomic mass is 9.43. The first kappa shape index (κ1) is 25.6. The number of aliphatic hydroxyl groups excluding tert-OH is 1. The fourth-order valence-corrected chi connectivity index (χ4v) is 11.0. The number of aliphatic hydroxyl groups is 2. The molecule has 6 aliphatic rings. The van der Waals surface area contributed by atoms with Gasteiger partial charge >= 0.3 is 5.97 Å². The third kappa shape index (κ3) is 3.20. The summed E-state index contributed by atoms with van der Waals surface area (Å²) in [5.41, 5.74) is -1.55. The molecule has 2 aliphatic heterocycles. The van der Waals surface area contributed by atoms with Gasteiger partial charge < -0.3 is 24.4 Å². The van der Waals surface area contributed by atoms with E-state index in [2.05, 4.69) is 34.6 Å². The monoisotopic (exact) mass is 504 g/mol. The number of rotatable bonds is 1. The van der Waals surface area contributed by atoms with Crippen molar-refractivity contribution in [1.29, 1.82) is 0 Å². The van der Waals surface area contributed by atoms with Crippen LogP contribution in [0.3, 0.4) is 0 Å². The van der Waals surface area contributed by atoms with Gasteiger partial charge in [0.15, 0.2) is 5.79 Å². The minimum absolute atomic E-state index is 0.0201. The lowest BCUT2D eigenvalue weighted by Crippen LogP contribution is -2.62. The van der Waals surface area contributed by atoms with Crippen LogP contribution in [0.15, 0.2) is 0 Å². The molecule has 6 rings (SSSR count). The first-order chi connectivity index (χ1) is 16.6. The van der Waals surface area contributed by atoms with E-state index in [1.54, 1.807) is 0 Å². The second-order valence-corrected chi connectivity index (χ2v) is 14.9. The molecule has 6 nitrogen and oxygen atoms in total. The first-order valence-electron chi connectivity index (χ1n) is 14.6. The fraction of sp³-hybridized carbons (Fsp3) is 0.967. The summed E-state index contributed by atoms with van der Waals surface area (Å²) in [6, 6.07) is 0. The summed E-state index contributed by atoms with van der Waals surface area (Å²) in [6.07, 6.45) is 7.00. The molecule has 0 aromatic rings. The summed E-state index contributed by atoms with van der Waals surface area (Å²) < 4.78 is 19.0. The highest BCUT2D eigenvalue weighted by Crippen LogP contribution is 2.72. The van der Waals surface area contributed by atoms with Gasteiger partial charge in [-0.05, 0) is 106 Å². The Morgan fingerprint density at radius 1 is 1.00 bits per heavy atom. The average Bonchev–Trinajstić information content (AvgIpc) is 3.25. The molecule has 0 aromatic heterocycles. The Hall–Kier alpha value is -0.690. The molecule has 2 saturated heterocycles. The average molecular weight is 505 g/mol. The molecule has 0 unspecified atom stereocenters. The van der Waals surface area contributed by atoms with Crippen LogP contribution in [0, 0.1) is 46.3 Å². The molecule has 6 fully saturated rings. The van der Waals surface area contributed by atoms with Crippen LogP contribution in [0.2, 0.25) is 0 Å². The minimum atomic E-state index is -1.10. The highest BCUT2D eigenvalue weighted by molar-refractivity contribution is 5.66. The molecule has 13 atom stereocenters. The predicted molar refractivity (Wildman–Crippen MR) is 135 cm³/mol. The van der Waals surface area contributed by atoms with E-state index in [4.69, 9.17) is 14.2 Å². The molecular formula is C30H48O6. The molecule has 0 aromatic carbocycles. The maximum absolute atomic E-state index is 12.2. The topological polar surface area (TPSA) is 85.2 Å². The summed E-state index contributed by atoms with van der Waals surface area (Å²) in [7, 11) is 0. The maximum Gasteiger partial charge on any atom is 0.302 e. The first-order valence-corrected chi connectivity index (χ1v) is 14.6. The molecule has 4 aliphatic carbocycles. The zero-order valence-corrected chi connectivity index (χ0v) is 23.4. The molecule has 2 N–H and O–H groups in total. The number of carbonyl (C=O) groups is 1. The second kappa shape index (κ2) is 7.70. The number of hydrogen-bond donors (Lipinski definition) is 2. The van der Waals surface area contributed by atoms with Crippen molar-refractivity contribution in [2.75, 3.05) is 0 Å². The molecule has 4 saturated carbocycles. The van der Waals surface area contributed by atoms with Crippen molar-refractivity contribution in [2.24, 2.45) is 46.3 Å². The van der Waals surface area contributed by atoms with E-state index in [1.165, 1.54) is 6.92 Å². The van der Waals surface area contributed by atoms with Crippen LogP contribution in [0.5, 0.6) is 0 Å². The standard InChI is InChI=1S/C30H48O6/c1-16-14-30(36-26(16,3)4)29(7,33)25-23(35-30)13-21-20-9-8-18-12-19(34-17(2)31)10-11-27(18,5)24(20)22(32)15-28(21,25)6/h16,18-25,32-33H,8-15H2,1-7H3/t16-,18-,19+,20-,21-,22-,23-,24+,25-,27-,28-,29+,30-/m0/s1. The zero-order valence-electron chi connectivity index (χ0n) is 23.4. The van der Waals surface area contributed by atoms with Crippen molar-refractivity contribution in [3.05, 3.63) is 0 Å². The van der Waals surface area contributed by atoms with Crippen LogP contribution >= 0.6 is 0 Å². The molecule has 36 heavy (non-hydrogen) atoms. The SMILES string of the molecule is CC(=O)O[C@@H]1CC[C@@]2(C)[C@@H](CC[C@@H]3[C@@H]2[C@@H](O)C[C@@]2(C)[C@H]3C[C@@H]3O[C@]4(C[C@H](C)C(C)(C)O4)[C@](C)(O)[C@@H]32)C1. The van der Waals surface area contributed by atoms with Gasteiger partial charge in [0.2, 0.25) is 0 Å². The molecule has 0 amide bonds. The lowest BCUT2D eigenvalue weighted by molar-refractivity contribution is -0.300. The van der Waals surface area contributed by atoms with Crippen LogP contribution in [-0.2, 0) is 19.0 Å². The molecule has 2 heterocycles. The van der Waals surface area contributed by atoms with Crippen LogP contribution < -0.4 is 0 Å². The minimum Gasteiger partial charge on any atom is -0.463 e. The second-order valence-electron chi connectivity index (χ2n) is 14.9. The van der Waals surface area contributed by atoms with Gasteiger partial charge in [0.1, 0.15) is 11.7 Å². The quantitative estimate of drug-likeness (QED) is 0.497. The van der Waals surface area contributed by atoms with Crippen LogP contribution in [0.1, 0.15) is 99.8 Å². The highest BCUT2D eigenvalue weighted by atomic mass is 16.7. The van der Waals surface area contributed by atoms with Crippen molar-refractivity contribution in [2.45, 2.75) is 135 Å². The van der Waals surface area contributed by atoms with E-state index >= 15 is 0 Å². The van der Waals surface area contributed by atoms with Gasteiger partial charge in [0, 0.05) is 19.3 Å². The van der Waals surface area contributed by atoms with Crippen molar-refractivity contribution in [1.82, 2.24) is 0 Å². The molecule has 0 bridgehead atoms. The van der Waals surface area contributed by atoms with Gasteiger partial charge in [-0.15, -0.1) is 0 Å². The van der Waals surface area contributed by atoms with E-state index in [1.807, 2.05) is 6.92 Å². The summed E-state index contributed by atoms with van der Waals surface area (Å²) in [6.45, 7) is 14.6. The van der Waals surface area contributed by atoms with Gasteiger partial charge in [-0.1, -0.05) is 20.8 Å². The Morgan fingerprint density at radius 2 is 1.72 bits per heavy atom. The zero-order chi connectivity index (χ0) is 26.1. The fourth-order valence-electron chi connectivity index (χ4n) is 11.0. The van der Waals surface area contributed by atoms with Crippen molar-refractivity contribution in [3.63, 3.8) is 0 Å². The Balaban J connectivity index is 1.28. The Kier molecular flexibility index (Phi) is 5.47. The maximum atomic E-state index is 12.2. The predicted octanol–water partition coefficient (Wildman–Crippen LogP) is 4.84. The molecule has 6 heteroatoms. The van der Waals surface area contributed by atoms with Gasteiger partial charge in [-0.25, -0.2) is 0 Å².